The minimum absolute atomic E-state index is 0. The Labute approximate surface area is 93.8 Å². The van der Waals surface area contributed by atoms with Gasteiger partial charge in [0.2, 0.25) is 0 Å². The van der Waals surface area contributed by atoms with Gasteiger partial charge >= 0.3 is 41.2 Å². The quantitative estimate of drug-likeness (QED) is 0.452. The first kappa shape index (κ1) is 25.0. The van der Waals surface area contributed by atoms with Gasteiger partial charge in [0.1, 0.15) is 0 Å². The molecule has 0 fully saturated rings. The fourth-order valence-corrected chi connectivity index (χ4v) is 0. The molecule has 0 unspecified atom stereocenters. The molecule has 0 saturated heterocycles. The van der Waals surface area contributed by atoms with Crippen molar-refractivity contribution in [3.8, 4) is 0 Å². The Morgan fingerprint density at radius 1 is 0.312 bits per heavy atom. The van der Waals surface area contributed by atoms with Crippen molar-refractivity contribution in [1.82, 2.24) is 0 Å². The second kappa shape index (κ2) is 9.05. The predicted octanol–water partition coefficient (Wildman–Crippen LogP) is 3.90. The van der Waals surface area contributed by atoms with Crippen LogP contribution in [0.25, 0.3) is 0 Å². The first-order valence-electron chi connectivity index (χ1n) is 2.62. The molecule has 16 heteroatoms. The third-order valence-corrected chi connectivity index (χ3v) is 0. The number of rotatable bonds is 0. The smallest absolute Gasteiger partial charge is 0.418 e. The van der Waals surface area contributed by atoms with Crippen LogP contribution in [0.15, 0.2) is 0 Å². The molecule has 0 aromatic heterocycles. The fourth-order valence-electron chi connectivity index (χ4n) is 0. The molecule has 0 amide bonds. The molecule has 0 atom stereocenters. The van der Waals surface area contributed by atoms with E-state index in [2.05, 4.69) is 0 Å². The maximum Gasteiger partial charge on any atom is 3.00 e. The first-order valence-corrected chi connectivity index (χ1v) is 2.62. The van der Waals surface area contributed by atoms with Crippen LogP contribution < -0.4 is 0 Å². The van der Waals surface area contributed by atoms with Crippen LogP contribution in [-0.4, -0.2) is 21.8 Å². The van der Waals surface area contributed by atoms with E-state index in [-0.39, 0.29) is 19.5 Å². The Morgan fingerprint density at radius 2 is 0.312 bits per heavy atom. The van der Waals surface area contributed by atoms with Gasteiger partial charge in [-0.2, -0.15) is 0 Å². The summed E-state index contributed by atoms with van der Waals surface area (Å²) in [5, 5.41) is 0. The Morgan fingerprint density at radius 3 is 0.312 bits per heavy atom. The standard InChI is InChI=1S/3BF4.Rh/c3*2-1(3,4)5;/q3*-1;+3. The third-order valence-electron chi connectivity index (χ3n) is 0. The summed E-state index contributed by atoms with van der Waals surface area (Å²) in [6.07, 6.45) is 0. The molecular weight excluding hydrogens is 363 g/mol. The van der Waals surface area contributed by atoms with Crippen molar-refractivity contribution in [2.75, 3.05) is 0 Å². The largest absolute Gasteiger partial charge is 3.00 e. The van der Waals surface area contributed by atoms with Crippen molar-refractivity contribution in [2.24, 2.45) is 0 Å². The van der Waals surface area contributed by atoms with Crippen molar-refractivity contribution in [1.29, 1.82) is 0 Å². The summed E-state index contributed by atoms with van der Waals surface area (Å²) in [4.78, 5) is 0. The molecular formula is B3F12Rh. The summed E-state index contributed by atoms with van der Waals surface area (Å²) in [7, 11) is -18.0. The second-order valence-corrected chi connectivity index (χ2v) is 1.48. The van der Waals surface area contributed by atoms with Crippen LogP contribution in [0.4, 0.5) is 51.8 Å². The summed E-state index contributed by atoms with van der Waals surface area (Å²) < 4.78 is 117. The number of hydrogen-bond acceptors (Lipinski definition) is 0. The molecule has 16 heavy (non-hydrogen) atoms. The topological polar surface area (TPSA) is 0 Å². The Kier molecular flexibility index (Phi) is 14.1. The molecule has 0 aromatic carbocycles. The minimum atomic E-state index is -6.00. The van der Waals surface area contributed by atoms with E-state index in [1.165, 1.54) is 0 Å². The maximum absolute atomic E-state index is 9.75. The zero-order valence-electron chi connectivity index (χ0n) is 6.60. The minimum Gasteiger partial charge on any atom is -0.418 e. The van der Waals surface area contributed by atoms with Crippen molar-refractivity contribution in [3.05, 3.63) is 0 Å². The van der Waals surface area contributed by atoms with Gasteiger partial charge in [-0.1, -0.05) is 0 Å². The maximum atomic E-state index is 9.75. The van der Waals surface area contributed by atoms with E-state index in [9.17, 15) is 51.8 Å². The average molecular weight is 363 g/mol. The molecule has 0 spiro atoms. The second-order valence-electron chi connectivity index (χ2n) is 1.48. The number of hydrogen-bond donors (Lipinski definition) is 0. The zero-order valence-corrected chi connectivity index (χ0v) is 8.24. The summed E-state index contributed by atoms with van der Waals surface area (Å²) in [5.41, 5.74) is 0. The predicted molar refractivity (Wildman–Crippen MR) is 30.6 cm³/mol. The molecule has 0 radical (unpaired) electrons. The Balaban J connectivity index is -0.0000000655. The summed E-state index contributed by atoms with van der Waals surface area (Å²) in [5.74, 6) is 0. The van der Waals surface area contributed by atoms with Gasteiger partial charge in [0.05, 0.1) is 0 Å². The molecule has 0 aliphatic carbocycles. The van der Waals surface area contributed by atoms with E-state index < -0.39 is 21.8 Å². The first-order chi connectivity index (χ1) is 6.00. The SMILES string of the molecule is F[B-](F)(F)F.F[B-](F)(F)F.F[B-](F)(F)F.[Rh+3]. The van der Waals surface area contributed by atoms with Crippen LogP contribution in [0.5, 0.6) is 0 Å². The van der Waals surface area contributed by atoms with Crippen LogP contribution in [0, 0.1) is 0 Å². The fraction of sp³-hybridized carbons (Fsp3) is 0. The Hall–Kier alpha value is -0.0218. The summed E-state index contributed by atoms with van der Waals surface area (Å²) in [6, 6.07) is 0. The van der Waals surface area contributed by atoms with Gasteiger partial charge in [-0.25, -0.2) is 0 Å². The van der Waals surface area contributed by atoms with Crippen LogP contribution >= 0.6 is 0 Å². The molecule has 0 N–H and O–H groups in total. The molecule has 0 heterocycles. The van der Waals surface area contributed by atoms with Crippen molar-refractivity contribution in [2.45, 2.75) is 0 Å². The zero-order chi connectivity index (χ0) is 13.5. The van der Waals surface area contributed by atoms with E-state index in [1.807, 2.05) is 0 Å². The monoisotopic (exact) mass is 364 g/mol. The van der Waals surface area contributed by atoms with Crippen LogP contribution in [-0.2, 0) is 19.5 Å². The van der Waals surface area contributed by atoms with Gasteiger partial charge in [-0.15, -0.1) is 0 Å². The molecule has 0 saturated carbocycles. The van der Waals surface area contributed by atoms with E-state index in [0.29, 0.717) is 0 Å². The van der Waals surface area contributed by atoms with Gasteiger partial charge in [0, 0.05) is 0 Å². The van der Waals surface area contributed by atoms with E-state index >= 15 is 0 Å². The van der Waals surface area contributed by atoms with Crippen LogP contribution in [0.3, 0.4) is 0 Å². The Bertz CT molecular complexity index is 91.3. The van der Waals surface area contributed by atoms with E-state index in [1.54, 1.807) is 0 Å². The number of halogens is 12. The van der Waals surface area contributed by atoms with Gasteiger partial charge in [-0.3, -0.25) is 0 Å². The normalized spacial score (nSPS) is 11.2. The molecule has 0 aliphatic heterocycles. The van der Waals surface area contributed by atoms with Crippen LogP contribution in [0.1, 0.15) is 0 Å². The van der Waals surface area contributed by atoms with Gasteiger partial charge in [0.15, 0.2) is 0 Å². The molecule has 0 bridgehead atoms. The van der Waals surface area contributed by atoms with Gasteiger partial charge in [0.25, 0.3) is 0 Å². The van der Waals surface area contributed by atoms with Crippen molar-refractivity contribution in [3.63, 3.8) is 0 Å². The van der Waals surface area contributed by atoms with E-state index in [0.717, 1.165) is 0 Å². The summed E-state index contributed by atoms with van der Waals surface area (Å²) >= 11 is 0. The average Bonchev–Trinajstić information content (AvgIpc) is 1.41. The molecule has 102 valence electrons. The molecule has 0 aromatic rings. The van der Waals surface area contributed by atoms with Crippen molar-refractivity contribution >= 4 is 21.8 Å². The molecule has 0 aliphatic rings. The third kappa shape index (κ3) is 4950000. The van der Waals surface area contributed by atoms with E-state index in [4.69, 9.17) is 0 Å². The van der Waals surface area contributed by atoms with Gasteiger partial charge in [-0.05, 0) is 0 Å². The van der Waals surface area contributed by atoms with Crippen LogP contribution in [0.2, 0.25) is 0 Å². The van der Waals surface area contributed by atoms with Crippen molar-refractivity contribution < 1.29 is 71.3 Å². The molecule has 0 nitrogen and oxygen atoms in total. The van der Waals surface area contributed by atoms with Gasteiger partial charge < -0.3 is 51.8 Å². The molecule has 0 rings (SSSR count). The summed E-state index contributed by atoms with van der Waals surface area (Å²) in [6.45, 7) is 0.